The number of benzene rings is 2. The number of hydrogen-bond acceptors (Lipinski definition) is 3. The molecule has 0 aliphatic rings. The van der Waals surface area contributed by atoms with Gasteiger partial charge < -0.3 is 25.3 Å². The van der Waals surface area contributed by atoms with E-state index in [1.54, 1.807) is 0 Å². The van der Waals surface area contributed by atoms with E-state index in [9.17, 15) is 0 Å². The summed E-state index contributed by atoms with van der Waals surface area (Å²) in [6, 6.07) is 16.5. The zero-order valence-electron chi connectivity index (χ0n) is 18.2. The molecule has 3 aromatic rings. The van der Waals surface area contributed by atoms with Crippen molar-refractivity contribution in [3.8, 4) is 5.75 Å². The Morgan fingerprint density at radius 2 is 1.83 bits per heavy atom. The summed E-state index contributed by atoms with van der Waals surface area (Å²) in [7, 11) is 4.09. The van der Waals surface area contributed by atoms with Gasteiger partial charge in [0.1, 0.15) is 12.4 Å². The fourth-order valence-electron chi connectivity index (χ4n) is 3.27. The van der Waals surface area contributed by atoms with Gasteiger partial charge in [-0.1, -0.05) is 36.4 Å². The van der Waals surface area contributed by atoms with Gasteiger partial charge in [-0.05, 0) is 45.1 Å². The van der Waals surface area contributed by atoms with E-state index in [1.165, 1.54) is 16.5 Å². The highest BCUT2D eigenvalue weighted by atomic mass is 16.5. The van der Waals surface area contributed by atoms with Gasteiger partial charge in [-0.25, -0.2) is 4.99 Å². The molecule has 0 radical (unpaired) electrons. The molecule has 0 unspecified atom stereocenters. The number of rotatable bonds is 10. The number of likely N-dealkylation sites (N-methyl/N-ethyl adjacent to an activating group) is 1. The Kier molecular flexibility index (Phi) is 8.15. The van der Waals surface area contributed by atoms with E-state index in [0.717, 1.165) is 43.3 Å². The minimum absolute atomic E-state index is 0.570. The molecule has 3 N–H and O–H groups in total. The van der Waals surface area contributed by atoms with Crippen LogP contribution in [0.25, 0.3) is 10.9 Å². The maximum Gasteiger partial charge on any atom is 0.191 e. The molecule has 6 heteroatoms. The summed E-state index contributed by atoms with van der Waals surface area (Å²) in [5.41, 5.74) is 3.58. The number of aliphatic imine (C=N–C) groups is 1. The molecule has 160 valence electrons. The normalized spacial score (nSPS) is 11.8. The standard InChI is InChI=1S/C24H33N5O/c1-4-25-24(26-14-13-19-17-27-22-11-7-6-10-21(19)22)28-18-20-9-5-8-12-23(20)30-16-15-29(2)3/h5-12,17,27H,4,13-16,18H2,1-3H3,(H2,25,26,28). The molecular formula is C24H33N5O. The summed E-state index contributed by atoms with van der Waals surface area (Å²) in [5, 5.41) is 8.06. The van der Waals surface area contributed by atoms with Crippen molar-refractivity contribution in [3.05, 3.63) is 65.9 Å². The molecule has 6 nitrogen and oxygen atoms in total. The van der Waals surface area contributed by atoms with Gasteiger partial charge in [0.25, 0.3) is 0 Å². The molecule has 0 aliphatic carbocycles. The Balaban J connectivity index is 1.58. The van der Waals surface area contributed by atoms with Gasteiger partial charge in [-0.2, -0.15) is 0 Å². The van der Waals surface area contributed by atoms with Crippen LogP contribution in [0.2, 0.25) is 0 Å². The highest BCUT2D eigenvalue weighted by Gasteiger charge is 2.06. The third-order valence-electron chi connectivity index (χ3n) is 4.88. The van der Waals surface area contributed by atoms with Gasteiger partial charge in [0.2, 0.25) is 0 Å². The lowest BCUT2D eigenvalue weighted by Crippen LogP contribution is -2.38. The molecule has 0 saturated carbocycles. The van der Waals surface area contributed by atoms with E-state index in [-0.39, 0.29) is 0 Å². The molecule has 0 spiro atoms. The summed E-state index contributed by atoms with van der Waals surface area (Å²) in [6.07, 6.45) is 3.02. The smallest absolute Gasteiger partial charge is 0.191 e. The first-order chi connectivity index (χ1) is 14.7. The molecule has 0 bridgehead atoms. The topological polar surface area (TPSA) is 64.7 Å². The molecule has 0 amide bonds. The third kappa shape index (κ3) is 6.26. The summed E-state index contributed by atoms with van der Waals surface area (Å²) in [6.45, 7) is 5.83. The van der Waals surface area contributed by atoms with Crippen LogP contribution in [0, 0.1) is 0 Å². The number of ether oxygens (including phenoxy) is 1. The van der Waals surface area contributed by atoms with Gasteiger partial charge in [0.05, 0.1) is 6.54 Å². The summed E-state index contributed by atoms with van der Waals surface area (Å²) >= 11 is 0. The first-order valence-corrected chi connectivity index (χ1v) is 10.6. The number of nitrogens with zero attached hydrogens (tertiary/aromatic N) is 2. The van der Waals surface area contributed by atoms with Crippen LogP contribution in [0.4, 0.5) is 0 Å². The lowest BCUT2D eigenvalue weighted by atomic mass is 10.1. The third-order valence-corrected chi connectivity index (χ3v) is 4.88. The molecule has 0 atom stereocenters. The van der Waals surface area contributed by atoms with Crippen LogP contribution in [0.15, 0.2) is 59.7 Å². The first-order valence-electron chi connectivity index (χ1n) is 10.6. The molecule has 1 aromatic heterocycles. The van der Waals surface area contributed by atoms with Crippen molar-refractivity contribution >= 4 is 16.9 Å². The lowest BCUT2D eigenvalue weighted by molar-refractivity contribution is 0.259. The summed E-state index contributed by atoms with van der Waals surface area (Å²) < 4.78 is 5.96. The fraction of sp³-hybridized carbons (Fsp3) is 0.375. The molecule has 30 heavy (non-hydrogen) atoms. The average Bonchev–Trinajstić information content (AvgIpc) is 3.16. The number of aromatic nitrogens is 1. The van der Waals surface area contributed by atoms with Crippen molar-refractivity contribution in [2.75, 3.05) is 40.3 Å². The van der Waals surface area contributed by atoms with Crippen molar-refractivity contribution in [1.29, 1.82) is 0 Å². The summed E-state index contributed by atoms with van der Waals surface area (Å²) in [4.78, 5) is 10.2. The molecule has 1 heterocycles. The van der Waals surface area contributed by atoms with Crippen LogP contribution in [-0.2, 0) is 13.0 Å². The Morgan fingerprint density at radius 3 is 2.67 bits per heavy atom. The van der Waals surface area contributed by atoms with Crippen LogP contribution in [-0.4, -0.2) is 56.2 Å². The van der Waals surface area contributed by atoms with E-state index >= 15 is 0 Å². The number of aromatic amines is 1. The Hall–Kier alpha value is -2.99. The highest BCUT2D eigenvalue weighted by molar-refractivity contribution is 5.83. The molecule has 3 rings (SSSR count). The van der Waals surface area contributed by atoms with Crippen molar-refractivity contribution in [2.45, 2.75) is 19.9 Å². The monoisotopic (exact) mass is 407 g/mol. The zero-order chi connectivity index (χ0) is 21.2. The number of guanidine groups is 1. The first kappa shape index (κ1) is 21.7. The van der Waals surface area contributed by atoms with Crippen LogP contribution >= 0.6 is 0 Å². The van der Waals surface area contributed by atoms with E-state index in [1.807, 2.05) is 32.3 Å². The maximum atomic E-state index is 5.96. The number of para-hydroxylation sites is 2. The Bertz CT molecular complexity index is 947. The SMILES string of the molecule is CCNC(=NCc1ccccc1OCCN(C)C)NCCc1c[nH]c2ccccc12. The van der Waals surface area contributed by atoms with Gasteiger partial charge in [0, 0.05) is 42.3 Å². The van der Waals surface area contributed by atoms with E-state index in [4.69, 9.17) is 9.73 Å². The van der Waals surface area contributed by atoms with Crippen molar-refractivity contribution in [2.24, 2.45) is 4.99 Å². The Morgan fingerprint density at radius 1 is 1.03 bits per heavy atom. The van der Waals surface area contributed by atoms with Crippen LogP contribution in [0.3, 0.4) is 0 Å². The van der Waals surface area contributed by atoms with Crippen molar-refractivity contribution < 1.29 is 4.74 Å². The molecule has 2 aromatic carbocycles. The van der Waals surface area contributed by atoms with E-state index in [0.29, 0.717) is 13.2 Å². The van der Waals surface area contributed by atoms with Gasteiger partial charge in [0.15, 0.2) is 5.96 Å². The fourth-order valence-corrected chi connectivity index (χ4v) is 3.27. The molecule has 0 saturated heterocycles. The number of hydrogen-bond donors (Lipinski definition) is 3. The largest absolute Gasteiger partial charge is 0.492 e. The van der Waals surface area contributed by atoms with Gasteiger partial charge in [-0.15, -0.1) is 0 Å². The number of nitrogens with one attached hydrogen (secondary N) is 3. The van der Waals surface area contributed by atoms with Crippen molar-refractivity contribution in [1.82, 2.24) is 20.5 Å². The predicted octanol–water partition coefficient (Wildman–Crippen LogP) is 3.41. The Labute approximate surface area is 179 Å². The van der Waals surface area contributed by atoms with E-state index < -0.39 is 0 Å². The number of H-pyrrole nitrogens is 1. The second kappa shape index (κ2) is 11.3. The second-order valence-electron chi connectivity index (χ2n) is 7.49. The minimum Gasteiger partial charge on any atom is -0.492 e. The van der Waals surface area contributed by atoms with E-state index in [2.05, 4.69) is 64.0 Å². The quantitative estimate of drug-likeness (QED) is 0.356. The van der Waals surface area contributed by atoms with Gasteiger partial charge in [-0.3, -0.25) is 0 Å². The maximum absolute atomic E-state index is 5.96. The van der Waals surface area contributed by atoms with Crippen molar-refractivity contribution in [3.63, 3.8) is 0 Å². The highest BCUT2D eigenvalue weighted by Crippen LogP contribution is 2.19. The molecule has 0 fully saturated rings. The summed E-state index contributed by atoms with van der Waals surface area (Å²) in [5.74, 6) is 1.72. The minimum atomic E-state index is 0.570. The second-order valence-corrected chi connectivity index (χ2v) is 7.49. The van der Waals surface area contributed by atoms with Gasteiger partial charge >= 0.3 is 0 Å². The number of fused-ring (bicyclic) bond motifs is 1. The molecular weight excluding hydrogens is 374 g/mol. The lowest BCUT2D eigenvalue weighted by Gasteiger charge is -2.14. The predicted molar refractivity (Wildman–Crippen MR) is 125 cm³/mol. The van der Waals surface area contributed by atoms with Crippen LogP contribution in [0.1, 0.15) is 18.1 Å². The zero-order valence-corrected chi connectivity index (χ0v) is 18.2. The molecule has 0 aliphatic heterocycles. The van der Waals surface area contributed by atoms with Crippen LogP contribution < -0.4 is 15.4 Å². The average molecular weight is 408 g/mol. The van der Waals surface area contributed by atoms with Crippen LogP contribution in [0.5, 0.6) is 5.75 Å².